The van der Waals surface area contributed by atoms with Gasteiger partial charge in [-0.25, -0.2) is 0 Å². The van der Waals surface area contributed by atoms with Gasteiger partial charge < -0.3 is 14.7 Å². The van der Waals surface area contributed by atoms with E-state index in [9.17, 15) is 4.79 Å². The van der Waals surface area contributed by atoms with E-state index in [4.69, 9.17) is 4.42 Å². The zero-order valence-corrected chi connectivity index (χ0v) is 9.37. The first-order valence-electron chi connectivity index (χ1n) is 4.40. The quantitative estimate of drug-likeness (QED) is 0.898. The largest absolute Gasteiger partial charge is 0.457 e. The lowest BCUT2D eigenvalue weighted by Gasteiger charge is -2.01. The van der Waals surface area contributed by atoms with E-state index in [0.717, 1.165) is 5.56 Å². The summed E-state index contributed by atoms with van der Waals surface area (Å²) in [4.78, 5) is 14.5. The molecular formula is C10H9BrN2O2. The van der Waals surface area contributed by atoms with Gasteiger partial charge in [-0.1, -0.05) is 0 Å². The number of rotatable bonds is 3. The number of hydrogen-bond acceptors (Lipinski definition) is 2. The van der Waals surface area contributed by atoms with E-state index in [0.29, 0.717) is 16.8 Å². The first-order valence-corrected chi connectivity index (χ1v) is 5.19. The normalized spacial score (nSPS) is 10.2. The Bertz CT molecular complexity index is 448. The van der Waals surface area contributed by atoms with Crippen LogP contribution in [0.2, 0.25) is 0 Å². The Morgan fingerprint density at radius 3 is 3.00 bits per heavy atom. The molecule has 2 N–H and O–H groups in total. The Balaban J connectivity index is 1.96. The van der Waals surface area contributed by atoms with E-state index in [1.165, 1.54) is 6.26 Å². The van der Waals surface area contributed by atoms with E-state index in [2.05, 4.69) is 26.2 Å². The van der Waals surface area contributed by atoms with Gasteiger partial charge in [0, 0.05) is 18.9 Å². The van der Waals surface area contributed by atoms with Crippen molar-refractivity contribution >= 4 is 21.8 Å². The minimum Gasteiger partial charge on any atom is -0.457 e. The average Bonchev–Trinajstić information content (AvgIpc) is 2.84. The third-order valence-electron chi connectivity index (χ3n) is 1.98. The van der Waals surface area contributed by atoms with Gasteiger partial charge in [0.2, 0.25) is 0 Å². The van der Waals surface area contributed by atoms with Crippen molar-refractivity contribution in [3.05, 3.63) is 46.6 Å². The first-order chi connectivity index (χ1) is 7.27. The summed E-state index contributed by atoms with van der Waals surface area (Å²) >= 11 is 3.15. The van der Waals surface area contributed by atoms with Gasteiger partial charge in [-0.2, -0.15) is 0 Å². The summed E-state index contributed by atoms with van der Waals surface area (Å²) in [7, 11) is 0. The summed E-state index contributed by atoms with van der Waals surface area (Å²) in [5, 5.41) is 2.78. The Hall–Kier alpha value is -1.49. The number of hydrogen-bond donors (Lipinski definition) is 2. The molecule has 0 saturated carbocycles. The highest BCUT2D eigenvalue weighted by molar-refractivity contribution is 9.10. The summed E-state index contributed by atoms with van der Waals surface area (Å²) in [5.74, 6) is -0.156. The van der Waals surface area contributed by atoms with Crippen molar-refractivity contribution in [1.29, 1.82) is 0 Å². The molecule has 5 heteroatoms. The number of carbonyl (C=O) groups is 1. The molecule has 1 amide bonds. The van der Waals surface area contributed by atoms with Crippen LogP contribution in [0, 0.1) is 0 Å². The molecule has 78 valence electrons. The fourth-order valence-electron chi connectivity index (χ4n) is 1.20. The molecule has 0 atom stereocenters. The van der Waals surface area contributed by atoms with Crippen LogP contribution in [-0.4, -0.2) is 10.9 Å². The number of nitrogens with one attached hydrogen (secondary N) is 2. The molecule has 0 aliphatic carbocycles. The molecular weight excluding hydrogens is 260 g/mol. The van der Waals surface area contributed by atoms with E-state index < -0.39 is 0 Å². The van der Waals surface area contributed by atoms with Crippen molar-refractivity contribution in [3.63, 3.8) is 0 Å². The summed E-state index contributed by atoms with van der Waals surface area (Å²) in [6.07, 6.45) is 5.12. The number of halogens is 1. The molecule has 0 bridgehead atoms. The Morgan fingerprint density at radius 1 is 1.53 bits per heavy atom. The number of aromatic amines is 1. The van der Waals surface area contributed by atoms with Crippen molar-refractivity contribution in [2.75, 3.05) is 0 Å². The minimum absolute atomic E-state index is 0.156. The Kier molecular flexibility index (Phi) is 2.91. The molecule has 0 fully saturated rings. The van der Waals surface area contributed by atoms with Gasteiger partial charge >= 0.3 is 0 Å². The molecule has 2 heterocycles. The highest BCUT2D eigenvalue weighted by atomic mass is 79.9. The molecule has 0 aliphatic heterocycles. The molecule has 4 nitrogen and oxygen atoms in total. The third-order valence-corrected chi connectivity index (χ3v) is 2.59. The van der Waals surface area contributed by atoms with Gasteiger partial charge in [-0.15, -0.1) is 0 Å². The van der Waals surface area contributed by atoms with Crippen LogP contribution in [0.3, 0.4) is 0 Å². The predicted molar refractivity (Wildman–Crippen MR) is 58.4 cm³/mol. The molecule has 0 saturated heterocycles. The van der Waals surface area contributed by atoms with E-state index in [1.54, 1.807) is 6.07 Å². The van der Waals surface area contributed by atoms with Crippen LogP contribution < -0.4 is 5.32 Å². The fourth-order valence-corrected chi connectivity index (χ4v) is 1.62. The van der Waals surface area contributed by atoms with Gasteiger partial charge in [0.1, 0.15) is 0 Å². The van der Waals surface area contributed by atoms with Crippen molar-refractivity contribution in [1.82, 2.24) is 10.3 Å². The number of furan rings is 1. The second kappa shape index (κ2) is 4.35. The zero-order valence-electron chi connectivity index (χ0n) is 7.79. The van der Waals surface area contributed by atoms with Crippen molar-refractivity contribution in [3.8, 4) is 0 Å². The Morgan fingerprint density at radius 2 is 2.40 bits per heavy atom. The second-order valence-electron chi connectivity index (χ2n) is 3.01. The van der Waals surface area contributed by atoms with Crippen LogP contribution in [0.5, 0.6) is 0 Å². The highest BCUT2D eigenvalue weighted by Gasteiger charge is 2.11. The number of H-pyrrole nitrogens is 1. The van der Waals surface area contributed by atoms with Gasteiger partial charge in [-0.05, 0) is 33.6 Å². The lowest BCUT2D eigenvalue weighted by atomic mass is 10.3. The van der Waals surface area contributed by atoms with E-state index >= 15 is 0 Å². The predicted octanol–water partition coefficient (Wildman–Crippen LogP) is 2.30. The maximum Gasteiger partial charge on any atom is 0.256 e. The molecule has 2 rings (SSSR count). The van der Waals surface area contributed by atoms with Crippen molar-refractivity contribution in [2.24, 2.45) is 0 Å². The minimum atomic E-state index is -0.156. The van der Waals surface area contributed by atoms with E-state index in [-0.39, 0.29) is 5.91 Å². The maximum atomic E-state index is 11.6. The average molecular weight is 269 g/mol. The number of carbonyl (C=O) groups excluding carboxylic acids is 1. The van der Waals surface area contributed by atoms with Gasteiger partial charge in [-0.3, -0.25) is 4.79 Å². The van der Waals surface area contributed by atoms with Gasteiger partial charge in [0.15, 0.2) is 4.67 Å². The topological polar surface area (TPSA) is 58.0 Å². The number of amides is 1. The van der Waals surface area contributed by atoms with Gasteiger partial charge in [0.05, 0.1) is 11.8 Å². The molecule has 15 heavy (non-hydrogen) atoms. The molecule has 0 spiro atoms. The van der Waals surface area contributed by atoms with Gasteiger partial charge in [0.25, 0.3) is 5.91 Å². The maximum absolute atomic E-state index is 11.6. The standard InChI is InChI=1S/C10H9BrN2O2/c11-9-8(2-4-15-9)10(14)13-6-7-1-3-12-5-7/h1-5,12H,6H2,(H,13,14). The summed E-state index contributed by atoms with van der Waals surface area (Å²) in [6, 6.07) is 3.53. The van der Waals surface area contributed by atoms with E-state index in [1.807, 2.05) is 18.5 Å². The monoisotopic (exact) mass is 268 g/mol. The molecule has 0 radical (unpaired) electrons. The van der Waals surface area contributed by atoms with Crippen molar-refractivity contribution in [2.45, 2.75) is 6.54 Å². The van der Waals surface area contributed by atoms with Crippen LogP contribution in [0.4, 0.5) is 0 Å². The fraction of sp³-hybridized carbons (Fsp3) is 0.100. The first kappa shape index (κ1) is 10.0. The third kappa shape index (κ3) is 2.30. The lowest BCUT2D eigenvalue weighted by Crippen LogP contribution is -2.22. The lowest BCUT2D eigenvalue weighted by molar-refractivity contribution is 0.0949. The second-order valence-corrected chi connectivity index (χ2v) is 3.73. The smallest absolute Gasteiger partial charge is 0.256 e. The molecule has 2 aromatic rings. The molecule has 0 aliphatic rings. The summed E-state index contributed by atoms with van der Waals surface area (Å²) in [5.41, 5.74) is 1.54. The molecule has 0 unspecified atom stereocenters. The van der Waals surface area contributed by atoms with Crippen molar-refractivity contribution < 1.29 is 9.21 Å². The van der Waals surface area contributed by atoms with Crippen LogP contribution in [0.1, 0.15) is 15.9 Å². The highest BCUT2D eigenvalue weighted by Crippen LogP contribution is 2.17. The summed E-state index contributed by atoms with van der Waals surface area (Å²) in [6.45, 7) is 0.500. The van der Waals surface area contributed by atoms with Crippen LogP contribution in [0.15, 0.2) is 39.9 Å². The van der Waals surface area contributed by atoms with Crippen LogP contribution >= 0.6 is 15.9 Å². The summed E-state index contributed by atoms with van der Waals surface area (Å²) < 4.78 is 5.43. The zero-order chi connectivity index (χ0) is 10.7. The SMILES string of the molecule is O=C(NCc1cc[nH]c1)c1ccoc1Br. The Labute approximate surface area is 94.8 Å². The molecule has 2 aromatic heterocycles. The number of aromatic nitrogens is 1. The van der Waals surface area contributed by atoms with Crippen LogP contribution in [-0.2, 0) is 6.54 Å². The molecule has 0 aromatic carbocycles. The van der Waals surface area contributed by atoms with Crippen LogP contribution in [0.25, 0.3) is 0 Å².